The number of hydrogen-bond donors (Lipinski definition) is 0. The molecule has 1 atom stereocenters. The van der Waals surface area contributed by atoms with Gasteiger partial charge in [0, 0.05) is 13.3 Å². The highest BCUT2D eigenvalue weighted by Crippen LogP contribution is 2.35. The molecule has 116 valence electrons. The van der Waals surface area contributed by atoms with Crippen LogP contribution in [0, 0.1) is 0 Å². The van der Waals surface area contributed by atoms with Crippen LogP contribution in [0.2, 0.25) is 0 Å². The Morgan fingerprint density at radius 1 is 1.23 bits per heavy atom. The van der Waals surface area contributed by atoms with Gasteiger partial charge in [0.1, 0.15) is 0 Å². The van der Waals surface area contributed by atoms with Crippen molar-refractivity contribution in [1.82, 2.24) is 4.90 Å². The second kappa shape index (κ2) is 5.28. The molecule has 6 heteroatoms. The summed E-state index contributed by atoms with van der Waals surface area (Å²) in [6.07, 6.45) is 2.85. The van der Waals surface area contributed by atoms with Crippen molar-refractivity contribution in [1.29, 1.82) is 0 Å². The number of carbonyl (C=O) groups is 1. The highest BCUT2D eigenvalue weighted by Gasteiger charge is 2.30. The summed E-state index contributed by atoms with van der Waals surface area (Å²) in [5, 5.41) is -0.184. The fourth-order valence-electron chi connectivity index (χ4n) is 2.89. The molecule has 1 aliphatic carbocycles. The number of amides is 1. The van der Waals surface area contributed by atoms with Gasteiger partial charge in [-0.2, -0.15) is 0 Å². The summed E-state index contributed by atoms with van der Waals surface area (Å²) in [4.78, 5) is 14.1. The topological polar surface area (TPSA) is 67.6 Å². The molecule has 0 N–H and O–H groups in total. The Bertz CT molecular complexity index is 822. The van der Waals surface area contributed by atoms with E-state index in [0.717, 1.165) is 24.7 Å². The third kappa shape index (κ3) is 2.54. The van der Waals surface area contributed by atoms with E-state index in [4.69, 9.17) is 4.42 Å². The highest BCUT2D eigenvalue weighted by molar-refractivity contribution is 7.90. The summed E-state index contributed by atoms with van der Waals surface area (Å²) in [5.74, 6) is -0.260. The van der Waals surface area contributed by atoms with Gasteiger partial charge in [-0.1, -0.05) is 24.3 Å². The molecule has 0 fully saturated rings. The summed E-state index contributed by atoms with van der Waals surface area (Å²) in [6.45, 7) is 0. The Morgan fingerprint density at radius 3 is 2.64 bits per heavy atom. The van der Waals surface area contributed by atoms with Gasteiger partial charge in [0.05, 0.1) is 6.04 Å². The maximum Gasteiger partial charge on any atom is 0.289 e. The van der Waals surface area contributed by atoms with Crippen LogP contribution < -0.4 is 0 Å². The third-order valence-corrected chi connectivity index (χ3v) is 5.00. The van der Waals surface area contributed by atoms with Crippen LogP contribution in [0.3, 0.4) is 0 Å². The zero-order chi connectivity index (χ0) is 15.9. The molecule has 1 aliphatic rings. The second-order valence-electron chi connectivity index (χ2n) is 5.56. The second-order valence-corrected chi connectivity index (χ2v) is 7.51. The number of carbonyl (C=O) groups excluding carboxylic acids is 1. The number of aryl methyl sites for hydroxylation is 1. The fourth-order valence-corrected chi connectivity index (χ4v) is 3.44. The number of sulfone groups is 1. The van der Waals surface area contributed by atoms with Crippen LogP contribution in [0.25, 0.3) is 0 Å². The minimum atomic E-state index is -3.45. The number of rotatable bonds is 3. The van der Waals surface area contributed by atoms with Gasteiger partial charge in [0.2, 0.25) is 14.9 Å². The van der Waals surface area contributed by atoms with Crippen LogP contribution in [-0.4, -0.2) is 32.5 Å². The smallest absolute Gasteiger partial charge is 0.289 e. The normalized spacial score (nSPS) is 17.3. The van der Waals surface area contributed by atoms with Gasteiger partial charge in [-0.3, -0.25) is 4.79 Å². The Kier molecular flexibility index (Phi) is 3.56. The summed E-state index contributed by atoms with van der Waals surface area (Å²) in [6, 6.07) is 10.8. The molecule has 0 saturated carbocycles. The molecule has 3 rings (SSSR count). The minimum absolute atomic E-state index is 0.00418. The standard InChI is InChI=1S/C16H17NO4S/c1-17(13-8-7-11-5-3-4-6-12(11)13)16(18)14-9-10-15(21-14)22(2,19)20/h3-6,9-10,13H,7-8H2,1-2H3. The molecule has 0 bridgehead atoms. The quantitative estimate of drug-likeness (QED) is 0.871. The van der Waals surface area contributed by atoms with Gasteiger partial charge < -0.3 is 9.32 Å². The van der Waals surface area contributed by atoms with Gasteiger partial charge in [-0.25, -0.2) is 8.42 Å². The average Bonchev–Trinajstić information content (AvgIpc) is 3.12. The molecule has 1 aromatic carbocycles. The first kappa shape index (κ1) is 14.8. The van der Waals surface area contributed by atoms with E-state index in [1.807, 2.05) is 18.2 Å². The van der Waals surface area contributed by atoms with E-state index < -0.39 is 9.84 Å². The maximum absolute atomic E-state index is 12.5. The molecule has 1 heterocycles. The molecular formula is C16H17NO4S. The van der Waals surface area contributed by atoms with Crippen LogP contribution in [0.1, 0.15) is 34.1 Å². The molecule has 0 aliphatic heterocycles. The van der Waals surface area contributed by atoms with Crippen molar-refractivity contribution in [2.45, 2.75) is 24.0 Å². The van der Waals surface area contributed by atoms with Crippen molar-refractivity contribution in [3.63, 3.8) is 0 Å². The zero-order valence-electron chi connectivity index (χ0n) is 12.4. The molecule has 22 heavy (non-hydrogen) atoms. The fraction of sp³-hybridized carbons (Fsp3) is 0.312. The first-order chi connectivity index (χ1) is 10.4. The van der Waals surface area contributed by atoms with Gasteiger partial charge in [-0.15, -0.1) is 0 Å². The lowest BCUT2D eigenvalue weighted by Gasteiger charge is -2.24. The summed E-state index contributed by atoms with van der Waals surface area (Å²) in [5.41, 5.74) is 2.40. The van der Waals surface area contributed by atoms with E-state index in [2.05, 4.69) is 6.07 Å². The van der Waals surface area contributed by atoms with E-state index in [-0.39, 0.29) is 22.8 Å². The Hall–Kier alpha value is -2.08. The number of benzene rings is 1. The summed E-state index contributed by atoms with van der Waals surface area (Å²) in [7, 11) is -1.73. The van der Waals surface area contributed by atoms with Crippen molar-refractivity contribution in [3.05, 3.63) is 53.3 Å². The lowest BCUT2D eigenvalue weighted by Crippen LogP contribution is -2.29. The number of hydrogen-bond acceptors (Lipinski definition) is 4. The van der Waals surface area contributed by atoms with Crippen LogP contribution in [-0.2, 0) is 16.3 Å². The van der Waals surface area contributed by atoms with Gasteiger partial charge >= 0.3 is 0 Å². The number of fused-ring (bicyclic) bond motifs is 1. The molecule has 1 aromatic heterocycles. The Morgan fingerprint density at radius 2 is 1.95 bits per heavy atom. The molecule has 2 aromatic rings. The highest BCUT2D eigenvalue weighted by atomic mass is 32.2. The van der Waals surface area contributed by atoms with Crippen molar-refractivity contribution >= 4 is 15.7 Å². The molecular weight excluding hydrogens is 302 g/mol. The van der Waals surface area contributed by atoms with Crippen molar-refractivity contribution < 1.29 is 17.6 Å². The van der Waals surface area contributed by atoms with E-state index in [9.17, 15) is 13.2 Å². The third-order valence-electron chi connectivity index (χ3n) is 4.05. The van der Waals surface area contributed by atoms with Crippen molar-refractivity contribution in [2.75, 3.05) is 13.3 Å². The maximum atomic E-state index is 12.5. The molecule has 1 unspecified atom stereocenters. The largest absolute Gasteiger partial charge is 0.440 e. The molecule has 1 amide bonds. The van der Waals surface area contributed by atoms with Crippen LogP contribution in [0.5, 0.6) is 0 Å². The molecule has 0 radical (unpaired) electrons. The number of nitrogens with zero attached hydrogens (tertiary/aromatic N) is 1. The van der Waals surface area contributed by atoms with Crippen LogP contribution in [0.4, 0.5) is 0 Å². The van der Waals surface area contributed by atoms with Crippen LogP contribution >= 0.6 is 0 Å². The summed E-state index contributed by atoms with van der Waals surface area (Å²) < 4.78 is 28.1. The predicted molar refractivity (Wildman–Crippen MR) is 81.4 cm³/mol. The monoisotopic (exact) mass is 319 g/mol. The first-order valence-electron chi connectivity index (χ1n) is 7.03. The van der Waals surface area contributed by atoms with E-state index in [0.29, 0.717) is 0 Å². The van der Waals surface area contributed by atoms with Gasteiger partial charge in [0.25, 0.3) is 5.91 Å². The van der Waals surface area contributed by atoms with E-state index in [1.165, 1.54) is 17.7 Å². The van der Waals surface area contributed by atoms with E-state index >= 15 is 0 Å². The zero-order valence-corrected chi connectivity index (χ0v) is 13.3. The lowest BCUT2D eigenvalue weighted by molar-refractivity contribution is 0.0692. The van der Waals surface area contributed by atoms with Crippen molar-refractivity contribution in [3.8, 4) is 0 Å². The van der Waals surface area contributed by atoms with Gasteiger partial charge in [-0.05, 0) is 36.1 Å². The minimum Gasteiger partial charge on any atom is -0.440 e. The predicted octanol–water partition coefficient (Wildman–Crippen LogP) is 2.44. The Balaban J connectivity index is 1.86. The lowest BCUT2D eigenvalue weighted by atomic mass is 10.1. The van der Waals surface area contributed by atoms with Gasteiger partial charge in [0.15, 0.2) is 5.76 Å². The molecule has 0 spiro atoms. The van der Waals surface area contributed by atoms with Crippen LogP contribution in [0.15, 0.2) is 45.9 Å². The average molecular weight is 319 g/mol. The molecule has 5 nitrogen and oxygen atoms in total. The SMILES string of the molecule is CN(C(=O)c1ccc(S(C)(=O)=O)o1)C1CCc2ccccc21. The number of furan rings is 1. The summed E-state index contributed by atoms with van der Waals surface area (Å²) >= 11 is 0. The Labute approximate surface area is 129 Å². The first-order valence-corrected chi connectivity index (χ1v) is 8.92. The molecule has 0 saturated heterocycles. The van der Waals surface area contributed by atoms with Crippen molar-refractivity contribution in [2.24, 2.45) is 0 Å². The van der Waals surface area contributed by atoms with E-state index in [1.54, 1.807) is 11.9 Å².